The molecule has 0 spiro atoms. The first kappa shape index (κ1) is 26.2. The number of aryl methyl sites for hydroxylation is 2. The zero-order chi connectivity index (χ0) is 27.7. The molecule has 2 amide bonds. The Balaban J connectivity index is 1.23. The van der Waals surface area contributed by atoms with E-state index in [4.69, 9.17) is 4.42 Å². The fraction of sp³-hybridized carbons (Fsp3) is 0.286. The molecule has 2 aromatic heterocycles. The van der Waals surface area contributed by atoms with Crippen molar-refractivity contribution in [2.75, 3.05) is 18.4 Å². The van der Waals surface area contributed by atoms with Crippen molar-refractivity contribution >= 4 is 17.5 Å². The number of alkyl halides is 3. The van der Waals surface area contributed by atoms with Gasteiger partial charge in [0.1, 0.15) is 17.6 Å². The Morgan fingerprint density at radius 1 is 1.05 bits per heavy atom. The van der Waals surface area contributed by atoms with Crippen LogP contribution in [0.5, 0.6) is 0 Å². The van der Waals surface area contributed by atoms with E-state index in [1.165, 1.54) is 6.92 Å². The summed E-state index contributed by atoms with van der Waals surface area (Å²) in [4.78, 5) is 27.8. The molecule has 0 saturated carbocycles. The summed E-state index contributed by atoms with van der Waals surface area (Å²) in [6.45, 7) is 4.41. The molecule has 202 valence electrons. The van der Waals surface area contributed by atoms with Gasteiger partial charge in [-0.3, -0.25) is 9.59 Å². The maximum absolute atomic E-state index is 13.4. The van der Waals surface area contributed by atoms with Crippen LogP contribution < -0.4 is 5.32 Å². The molecular weight excluding hydrogens is 511 g/mol. The summed E-state index contributed by atoms with van der Waals surface area (Å²) in [6.07, 6.45) is 0.636. The Morgan fingerprint density at radius 3 is 2.41 bits per heavy atom. The molecule has 0 bridgehead atoms. The number of benzene rings is 2. The zero-order valence-corrected chi connectivity index (χ0v) is 21.3. The number of piperidine rings is 1. The van der Waals surface area contributed by atoms with Gasteiger partial charge < -0.3 is 14.6 Å². The first-order valence-electron chi connectivity index (χ1n) is 12.4. The van der Waals surface area contributed by atoms with Crippen molar-refractivity contribution in [1.82, 2.24) is 19.9 Å². The fourth-order valence-electron chi connectivity index (χ4n) is 4.92. The van der Waals surface area contributed by atoms with Gasteiger partial charge in [-0.1, -0.05) is 29.0 Å². The van der Waals surface area contributed by atoms with Crippen LogP contribution in [-0.2, 0) is 6.18 Å². The lowest BCUT2D eigenvalue weighted by molar-refractivity contribution is -0.138. The molecule has 4 aromatic rings. The Kier molecular flexibility index (Phi) is 6.98. The van der Waals surface area contributed by atoms with Crippen LogP contribution in [0.4, 0.5) is 18.9 Å². The first-order valence-corrected chi connectivity index (χ1v) is 12.4. The van der Waals surface area contributed by atoms with Crippen molar-refractivity contribution in [3.8, 4) is 5.69 Å². The number of aromatic nitrogens is 3. The molecule has 39 heavy (non-hydrogen) atoms. The van der Waals surface area contributed by atoms with Gasteiger partial charge in [-0.25, -0.2) is 4.68 Å². The number of halogens is 3. The summed E-state index contributed by atoms with van der Waals surface area (Å²) in [5.41, 5.74) is 2.01. The van der Waals surface area contributed by atoms with Gasteiger partial charge in [0, 0.05) is 18.8 Å². The van der Waals surface area contributed by atoms with E-state index in [0.717, 1.165) is 24.0 Å². The van der Waals surface area contributed by atoms with Gasteiger partial charge in [-0.05, 0) is 62.4 Å². The molecule has 0 atom stereocenters. The molecule has 0 unspecified atom stereocenters. The third-order valence-corrected chi connectivity index (χ3v) is 6.98. The number of nitrogens with zero attached hydrogens (tertiary/aromatic N) is 4. The minimum Gasteiger partial charge on any atom is -0.468 e. The van der Waals surface area contributed by atoms with Crippen molar-refractivity contribution in [1.29, 1.82) is 0 Å². The zero-order valence-electron chi connectivity index (χ0n) is 21.3. The first-order chi connectivity index (χ1) is 18.6. The van der Waals surface area contributed by atoms with Crippen molar-refractivity contribution in [3.05, 3.63) is 94.7 Å². The van der Waals surface area contributed by atoms with E-state index in [1.54, 1.807) is 29.2 Å². The monoisotopic (exact) mass is 537 g/mol. The van der Waals surface area contributed by atoms with Crippen molar-refractivity contribution in [3.63, 3.8) is 0 Å². The van der Waals surface area contributed by atoms with Crippen molar-refractivity contribution in [2.45, 2.75) is 38.8 Å². The highest BCUT2D eigenvalue weighted by molar-refractivity contribution is 6.06. The van der Waals surface area contributed by atoms with Crippen LogP contribution in [0.15, 0.2) is 65.5 Å². The number of carbonyl (C=O) groups excluding carboxylic acids is 2. The van der Waals surface area contributed by atoms with Gasteiger partial charge in [0.05, 0.1) is 29.2 Å². The second-order valence-electron chi connectivity index (χ2n) is 9.59. The van der Waals surface area contributed by atoms with Crippen molar-refractivity contribution < 1.29 is 27.2 Å². The van der Waals surface area contributed by atoms with Crippen LogP contribution in [-0.4, -0.2) is 44.8 Å². The SMILES string of the molecule is Cc1ccc(-n2ccnn2)c(C(=O)N2CCC(c3ccc(NC(=O)c4c(C(F)(F)F)coc4C)cc3)CC2)c1. The molecular formula is C28H26F3N5O3. The number of furan rings is 1. The van der Waals surface area contributed by atoms with Crippen LogP contribution >= 0.6 is 0 Å². The lowest BCUT2D eigenvalue weighted by Crippen LogP contribution is -2.38. The number of carbonyl (C=O) groups is 2. The summed E-state index contributed by atoms with van der Waals surface area (Å²) in [5, 5.41) is 10.4. The normalized spacial score (nSPS) is 14.4. The molecule has 2 aromatic carbocycles. The molecule has 0 aliphatic carbocycles. The number of likely N-dealkylation sites (tertiary alicyclic amines) is 1. The number of amides is 2. The summed E-state index contributed by atoms with van der Waals surface area (Å²) < 4.78 is 46.1. The van der Waals surface area contributed by atoms with E-state index in [-0.39, 0.29) is 17.6 Å². The van der Waals surface area contributed by atoms with E-state index >= 15 is 0 Å². The second-order valence-corrected chi connectivity index (χ2v) is 9.59. The van der Waals surface area contributed by atoms with Crippen LogP contribution in [0.1, 0.15) is 61.9 Å². The van der Waals surface area contributed by atoms with Gasteiger partial charge in [0.2, 0.25) is 0 Å². The fourth-order valence-corrected chi connectivity index (χ4v) is 4.92. The topological polar surface area (TPSA) is 93.3 Å². The Bertz CT molecular complexity index is 1490. The molecule has 1 aliphatic rings. The Morgan fingerprint density at radius 2 is 1.77 bits per heavy atom. The molecule has 5 rings (SSSR count). The number of hydrogen-bond donors (Lipinski definition) is 1. The molecule has 1 N–H and O–H groups in total. The number of hydrogen-bond acceptors (Lipinski definition) is 5. The van der Waals surface area contributed by atoms with Gasteiger partial charge in [0.15, 0.2) is 0 Å². The highest BCUT2D eigenvalue weighted by Crippen LogP contribution is 2.35. The molecule has 1 saturated heterocycles. The van der Waals surface area contributed by atoms with Crippen LogP contribution in [0.3, 0.4) is 0 Å². The molecule has 1 fully saturated rings. The largest absolute Gasteiger partial charge is 0.468 e. The summed E-state index contributed by atoms with van der Waals surface area (Å²) >= 11 is 0. The van der Waals surface area contributed by atoms with Crippen LogP contribution in [0, 0.1) is 13.8 Å². The summed E-state index contributed by atoms with van der Waals surface area (Å²) in [5.74, 6) is -0.834. The van der Waals surface area contributed by atoms with Gasteiger partial charge in [-0.15, -0.1) is 5.10 Å². The lowest BCUT2D eigenvalue weighted by atomic mass is 9.89. The van der Waals surface area contributed by atoms with E-state index in [0.29, 0.717) is 36.3 Å². The van der Waals surface area contributed by atoms with Gasteiger partial charge >= 0.3 is 6.18 Å². The molecule has 0 radical (unpaired) electrons. The van der Waals surface area contributed by atoms with Gasteiger partial charge in [0.25, 0.3) is 11.8 Å². The number of nitrogens with one attached hydrogen (secondary N) is 1. The Labute approximate surface area is 222 Å². The minimum atomic E-state index is -4.69. The lowest BCUT2D eigenvalue weighted by Gasteiger charge is -2.32. The van der Waals surface area contributed by atoms with E-state index in [2.05, 4.69) is 15.6 Å². The Hall–Kier alpha value is -4.41. The molecule has 8 nitrogen and oxygen atoms in total. The van der Waals surface area contributed by atoms with Crippen LogP contribution in [0.25, 0.3) is 5.69 Å². The van der Waals surface area contributed by atoms with E-state index in [9.17, 15) is 22.8 Å². The second kappa shape index (κ2) is 10.4. The molecule has 1 aliphatic heterocycles. The predicted octanol–water partition coefficient (Wildman–Crippen LogP) is 5.77. The average Bonchev–Trinajstić information content (AvgIpc) is 3.59. The molecule has 3 heterocycles. The van der Waals surface area contributed by atoms with E-state index < -0.39 is 23.2 Å². The van der Waals surface area contributed by atoms with Crippen molar-refractivity contribution in [2.24, 2.45) is 0 Å². The number of rotatable bonds is 5. The maximum atomic E-state index is 13.4. The predicted molar refractivity (Wildman–Crippen MR) is 137 cm³/mol. The summed E-state index contributed by atoms with van der Waals surface area (Å²) in [7, 11) is 0. The third kappa shape index (κ3) is 5.43. The van der Waals surface area contributed by atoms with Crippen LogP contribution in [0.2, 0.25) is 0 Å². The highest BCUT2D eigenvalue weighted by atomic mass is 19.4. The summed E-state index contributed by atoms with van der Waals surface area (Å²) in [6, 6.07) is 12.7. The third-order valence-electron chi connectivity index (χ3n) is 6.98. The maximum Gasteiger partial charge on any atom is 0.420 e. The quantitative estimate of drug-likeness (QED) is 0.349. The molecule has 11 heteroatoms. The standard InChI is InChI=1S/C28H26F3N5O3/c1-17-3-8-24(36-14-11-32-34-36)22(15-17)27(38)35-12-9-20(10-13-35)19-4-6-21(7-5-19)33-26(37)25-18(2)39-16-23(25)28(29,30)31/h3-8,11,14-16,20H,9-10,12-13H2,1-2H3,(H,33,37). The highest BCUT2D eigenvalue weighted by Gasteiger charge is 2.38. The van der Waals surface area contributed by atoms with E-state index in [1.807, 2.05) is 42.2 Å². The smallest absolute Gasteiger partial charge is 0.420 e. The van der Waals surface area contributed by atoms with Gasteiger partial charge in [-0.2, -0.15) is 13.2 Å². The average molecular weight is 538 g/mol. The number of anilines is 1. The minimum absolute atomic E-state index is 0.0616.